The van der Waals surface area contributed by atoms with Crippen molar-refractivity contribution in [3.63, 3.8) is 0 Å². The van der Waals surface area contributed by atoms with Crippen LogP contribution < -0.4 is 0 Å². The largest absolute Gasteiger partial charge is 0.416 e. The fourth-order valence-electron chi connectivity index (χ4n) is 3.40. The molecule has 0 saturated carbocycles. The number of piperidine rings is 1. The van der Waals surface area contributed by atoms with Gasteiger partial charge in [0.25, 0.3) is 0 Å². The van der Waals surface area contributed by atoms with E-state index in [9.17, 15) is 13.2 Å². The van der Waals surface area contributed by atoms with Gasteiger partial charge in [-0.1, -0.05) is 39.0 Å². The predicted molar refractivity (Wildman–Crippen MR) is 109 cm³/mol. The van der Waals surface area contributed by atoms with Crippen molar-refractivity contribution in [2.45, 2.75) is 52.8 Å². The van der Waals surface area contributed by atoms with Crippen LogP contribution in [-0.4, -0.2) is 23.0 Å². The maximum absolute atomic E-state index is 12.7. The monoisotopic (exact) mass is 403 g/mol. The molecule has 156 valence electrons. The Morgan fingerprint density at radius 3 is 2.17 bits per heavy atom. The lowest BCUT2D eigenvalue weighted by Gasteiger charge is -2.38. The standard InChI is InChI=1S/C21H22F3N3.C2H6/c1-20(8-11-25)9-12-27(13-10-20)15-16-2-7-19(26-14-16)17-3-5-18(6-4-17)21(22,23)24;1-2/h2-7,14H,8-10,12-13,15H2,1H3;1-2H3. The average Bonchev–Trinajstić information content (AvgIpc) is 2.72. The molecule has 0 bridgehead atoms. The number of halogens is 3. The van der Waals surface area contributed by atoms with Crippen LogP contribution in [0.15, 0.2) is 42.6 Å². The summed E-state index contributed by atoms with van der Waals surface area (Å²) in [7, 11) is 0. The van der Waals surface area contributed by atoms with Gasteiger partial charge in [-0.25, -0.2) is 0 Å². The third kappa shape index (κ3) is 6.30. The first-order valence-electron chi connectivity index (χ1n) is 10.0. The van der Waals surface area contributed by atoms with Crippen LogP contribution in [0.1, 0.15) is 51.2 Å². The number of nitrogens with zero attached hydrogens (tertiary/aromatic N) is 3. The van der Waals surface area contributed by atoms with Crippen molar-refractivity contribution in [3.8, 4) is 17.3 Å². The van der Waals surface area contributed by atoms with E-state index in [1.54, 1.807) is 6.20 Å². The minimum Gasteiger partial charge on any atom is -0.299 e. The lowest BCUT2D eigenvalue weighted by atomic mass is 9.78. The molecule has 0 atom stereocenters. The van der Waals surface area contributed by atoms with E-state index in [2.05, 4.69) is 22.9 Å². The van der Waals surface area contributed by atoms with Crippen LogP contribution in [-0.2, 0) is 12.7 Å². The van der Waals surface area contributed by atoms with Gasteiger partial charge in [-0.05, 0) is 55.1 Å². The minimum atomic E-state index is -4.33. The van der Waals surface area contributed by atoms with Crippen LogP contribution in [0, 0.1) is 16.7 Å². The average molecular weight is 403 g/mol. The van der Waals surface area contributed by atoms with Gasteiger partial charge in [0.15, 0.2) is 0 Å². The van der Waals surface area contributed by atoms with Gasteiger partial charge in [0.05, 0.1) is 17.3 Å². The van der Waals surface area contributed by atoms with Crippen LogP contribution >= 0.6 is 0 Å². The van der Waals surface area contributed by atoms with E-state index in [4.69, 9.17) is 5.26 Å². The third-order valence-corrected chi connectivity index (χ3v) is 5.31. The maximum atomic E-state index is 12.7. The normalized spacial score (nSPS) is 16.4. The molecular formula is C23H28F3N3. The molecule has 1 aliphatic heterocycles. The molecule has 1 aromatic heterocycles. The number of pyridine rings is 1. The molecule has 0 radical (unpaired) electrons. The zero-order valence-electron chi connectivity index (χ0n) is 17.3. The molecule has 0 spiro atoms. The molecule has 1 saturated heterocycles. The summed E-state index contributed by atoms with van der Waals surface area (Å²) < 4.78 is 38.0. The summed E-state index contributed by atoms with van der Waals surface area (Å²) in [5.74, 6) is 0. The number of alkyl halides is 3. The van der Waals surface area contributed by atoms with Crippen molar-refractivity contribution >= 4 is 0 Å². The Kier molecular flexibility index (Phi) is 7.80. The molecule has 3 rings (SSSR count). The van der Waals surface area contributed by atoms with Gasteiger partial charge in [-0.2, -0.15) is 18.4 Å². The highest BCUT2D eigenvalue weighted by molar-refractivity contribution is 5.59. The van der Waals surface area contributed by atoms with Gasteiger partial charge < -0.3 is 0 Å². The number of likely N-dealkylation sites (tertiary alicyclic amines) is 1. The Morgan fingerprint density at radius 1 is 1.07 bits per heavy atom. The summed E-state index contributed by atoms with van der Waals surface area (Å²) in [5, 5.41) is 8.93. The number of aromatic nitrogens is 1. The molecule has 0 unspecified atom stereocenters. The number of benzene rings is 1. The highest BCUT2D eigenvalue weighted by atomic mass is 19.4. The van der Waals surface area contributed by atoms with Gasteiger partial charge in [0, 0.05) is 24.7 Å². The Hall–Kier alpha value is -2.39. The SMILES string of the molecule is CC.CC1(CC#N)CCN(Cc2ccc(-c3ccc(C(F)(F)F)cc3)nc2)CC1. The number of nitriles is 1. The molecule has 0 aliphatic carbocycles. The molecule has 2 heterocycles. The minimum absolute atomic E-state index is 0.121. The highest BCUT2D eigenvalue weighted by Gasteiger charge is 2.30. The van der Waals surface area contributed by atoms with Gasteiger partial charge in [-0.15, -0.1) is 0 Å². The van der Waals surface area contributed by atoms with Crippen LogP contribution in [0.4, 0.5) is 13.2 Å². The second-order valence-corrected chi connectivity index (χ2v) is 7.55. The highest BCUT2D eigenvalue weighted by Crippen LogP contribution is 2.34. The summed E-state index contributed by atoms with van der Waals surface area (Å²) in [5.41, 5.74) is 1.87. The summed E-state index contributed by atoms with van der Waals surface area (Å²) in [6.07, 6.45) is 0.0864. The summed E-state index contributed by atoms with van der Waals surface area (Å²) in [6, 6.07) is 11.2. The summed E-state index contributed by atoms with van der Waals surface area (Å²) >= 11 is 0. The molecule has 29 heavy (non-hydrogen) atoms. The second-order valence-electron chi connectivity index (χ2n) is 7.55. The van der Waals surface area contributed by atoms with E-state index < -0.39 is 11.7 Å². The zero-order valence-corrected chi connectivity index (χ0v) is 17.3. The molecule has 3 nitrogen and oxygen atoms in total. The van der Waals surface area contributed by atoms with E-state index in [1.807, 2.05) is 26.0 Å². The molecule has 0 N–H and O–H groups in total. The van der Waals surface area contributed by atoms with Crippen molar-refractivity contribution in [2.24, 2.45) is 5.41 Å². The fourth-order valence-corrected chi connectivity index (χ4v) is 3.40. The van der Waals surface area contributed by atoms with Crippen molar-refractivity contribution in [1.29, 1.82) is 5.26 Å². The van der Waals surface area contributed by atoms with E-state index in [-0.39, 0.29) is 5.41 Å². The third-order valence-electron chi connectivity index (χ3n) is 5.31. The Balaban J connectivity index is 0.00000145. The van der Waals surface area contributed by atoms with Gasteiger partial charge in [0.1, 0.15) is 0 Å². The van der Waals surface area contributed by atoms with E-state index in [0.29, 0.717) is 17.7 Å². The van der Waals surface area contributed by atoms with Crippen LogP contribution in [0.2, 0.25) is 0 Å². The van der Waals surface area contributed by atoms with Crippen molar-refractivity contribution in [1.82, 2.24) is 9.88 Å². The van der Waals surface area contributed by atoms with Crippen LogP contribution in [0.25, 0.3) is 11.3 Å². The van der Waals surface area contributed by atoms with E-state index in [0.717, 1.165) is 50.2 Å². The predicted octanol–water partition coefficient (Wildman–Crippen LogP) is 6.31. The van der Waals surface area contributed by atoms with E-state index >= 15 is 0 Å². The Morgan fingerprint density at radius 2 is 1.69 bits per heavy atom. The summed E-state index contributed by atoms with van der Waals surface area (Å²) in [4.78, 5) is 6.77. The lowest BCUT2D eigenvalue weighted by Crippen LogP contribution is -2.38. The van der Waals surface area contributed by atoms with Crippen molar-refractivity contribution < 1.29 is 13.2 Å². The molecule has 2 aromatic rings. The number of hydrogen-bond donors (Lipinski definition) is 0. The van der Waals surface area contributed by atoms with Gasteiger partial charge in [-0.3, -0.25) is 9.88 Å². The first-order chi connectivity index (χ1) is 13.8. The zero-order chi connectivity index (χ0) is 21.5. The maximum Gasteiger partial charge on any atom is 0.416 e. The summed E-state index contributed by atoms with van der Waals surface area (Å²) in [6.45, 7) is 8.88. The first kappa shape index (κ1) is 22.9. The lowest BCUT2D eigenvalue weighted by molar-refractivity contribution is -0.137. The topological polar surface area (TPSA) is 39.9 Å². The van der Waals surface area contributed by atoms with Crippen LogP contribution in [0.5, 0.6) is 0 Å². The molecular weight excluding hydrogens is 375 g/mol. The molecule has 1 fully saturated rings. The quantitative estimate of drug-likeness (QED) is 0.601. The molecule has 1 aliphatic rings. The molecule has 6 heteroatoms. The van der Waals surface area contributed by atoms with Crippen molar-refractivity contribution in [3.05, 3.63) is 53.7 Å². The number of hydrogen-bond acceptors (Lipinski definition) is 3. The Labute approximate surface area is 171 Å². The van der Waals surface area contributed by atoms with Gasteiger partial charge >= 0.3 is 6.18 Å². The fraction of sp³-hybridized carbons (Fsp3) is 0.478. The first-order valence-corrected chi connectivity index (χ1v) is 10.0. The van der Waals surface area contributed by atoms with Crippen molar-refractivity contribution in [2.75, 3.05) is 13.1 Å². The molecule has 1 aromatic carbocycles. The smallest absolute Gasteiger partial charge is 0.299 e. The Bertz CT molecular complexity index is 797. The van der Waals surface area contributed by atoms with Gasteiger partial charge in [0.2, 0.25) is 0 Å². The second kappa shape index (κ2) is 9.89. The molecule has 0 amide bonds. The van der Waals surface area contributed by atoms with E-state index in [1.165, 1.54) is 12.1 Å². The van der Waals surface area contributed by atoms with Crippen LogP contribution in [0.3, 0.4) is 0 Å². The number of rotatable bonds is 4.